The fourth-order valence-corrected chi connectivity index (χ4v) is 3.46. The minimum Gasteiger partial charge on any atom is -0.382 e. The molecule has 3 rings (SSSR count). The van der Waals surface area contributed by atoms with E-state index in [0.717, 1.165) is 22.9 Å². The lowest BCUT2D eigenvalue weighted by atomic mass is 9.98. The van der Waals surface area contributed by atoms with E-state index in [1.54, 1.807) is 6.07 Å². The third-order valence-corrected chi connectivity index (χ3v) is 5.61. The summed E-state index contributed by atoms with van der Waals surface area (Å²) in [5.41, 5.74) is -0.435. The van der Waals surface area contributed by atoms with Crippen LogP contribution in [0.4, 0.5) is 22.0 Å². The monoisotopic (exact) mass is 531 g/mol. The van der Waals surface area contributed by atoms with E-state index in [-0.39, 0.29) is 29.6 Å². The van der Waals surface area contributed by atoms with Gasteiger partial charge in [-0.05, 0) is 42.8 Å². The summed E-state index contributed by atoms with van der Waals surface area (Å²) in [4.78, 5) is 12.7. The smallest absolute Gasteiger partial charge is 0.382 e. The van der Waals surface area contributed by atoms with Gasteiger partial charge < -0.3 is 14.8 Å². The van der Waals surface area contributed by atoms with Crippen LogP contribution in [0.3, 0.4) is 0 Å². The lowest BCUT2D eigenvalue weighted by Gasteiger charge is -2.15. The van der Waals surface area contributed by atoms with Gasteiger partial charge in [0, 0.05) is 12.7 Å². The molecule has 0 saturated heterocycles. The van der Waals surface area contributed by atoms with Gasteiger partial charge in [0.1, 0.15) is 11.6 Å². The van der Waals surface area contributed by atoms with Crippen molar-refractivity contribution in [3.05, 3.63) is 81.6 Å². The molecule has 0 aliphatic heterocycles. The number of benzene rings is 2. The van der Waals surface area contributed by atoms with Crippen molar-refractivity contribution in [3.63, 3.8) is 0 Å². The minimum atomic E-state index is -4.74. The SMILES string of the molecule is COCCOCc1ccc(C(C)C(=O)NCc2cc(C(F)(F)F)nn2-c2ccc(F)c(Cl)c2)cc1F. The first-order valence-corrected chi connectivity index (χ1v) is 11.1. The van der Waals surface area contributed by atoms with Crippen LogP contribution in [-0.2, 0) is 33.6 Å². The van der Waals surface area contributed by atoms with E-state index in [9.17, 15) is 26.7 Å². The fourth-order valence-electron chi connectivity index (χ4n) is 3.28. The number of hydrogen-bond donors (Lipinski definition) is 1. The number of carbonyl (C=O) groups excluding carboxylic acids is 1. The van der Waals surface area contributed by atoms with Crippen LogP contribution in [-0.4, -0.2) is 36.0 Å². The van der Waals surface area contributed by atoms with Crippen molar-refractivity contribution < 1.29 is 36.2 Å². The average molecular weight is 532 g/mol. The maximum atomic E-state index is 14.5. The highest BCUT2D eigenvalue weighted by Crippen LogP contribution is 2.30. The molecule has 194 valence electrons. The van der Waals surface area contributed by atoms with Gasteiger partial charge in [0.25, 0.3) is 0 Å². The van der Waals surface area contributed by atoms with E-state index in [2.05, 4.69) is 10.4 Å². The van der Waals surface area contributed by atoms with E-state index >= 15 is 0 Å². The van der Waals surface area contributed by atoms with Crippen LogP contribution in [0.15, 0.2) is 42.5 Å². The molecule has 1 atom stereocenters. The number of halogens is 6. The van der Waals surface area contributed by atoms with Gasteiger partial charge >= 0.3 is 6.18 Å². The van der Waals surface area contributed by atoms with Gasteiger partial charge in [-0.1, -0.05) is 23.7 Å². The Balaban J connectivity index is 1.74. The minimum absolute atomic E-state index is 0.0136. The number of nitrogens with zero attached hydrogens (tertiary/aromatic N) is 2. The zero-order valence-corrected chi connectivity index (χ0v) is 20.1. The van der Waals surface area contributed by atoms with Crippen molar-refractivity contribution in [1.29, 1.82) is 0 Å². The van der Waals surface area contributed by atoms with Gasteiger partial charge in [-0.2, -0.15) is 18.3 Å². The summed E-state index contributed by atoms with van der Waals surface area (Å²) in [6.45, 7) is 1.92. The normalized spacial score (nSPS) is 12.6. The Hall–Kier alpha value is -3.02. The zero-order valence-electron chi connectivity index (χ0n) is 19.3. The molecule has 0 aliphatic rings. The number of ether oxygens (including phenoxy) is 2. The highest BCUT2D eigenvalue weighted by Gasteiger charge is 2.35. The van der Waals surface area contributed by atoms with Crippen LogP contribution in [0.25, 0.3) is 5.69 Å². The van der Waals surface area contributed by atoms with Crippen LogP contribution in [0.1, 0.15) is 35.4 Å². The van der Waals surface area contributed by atoms with Crippen molar-refractivity contribution in [2.75, 3.05) is 20.3 Å². The summed E-state index contributed by atoms with van der Waals surface area (Å²) < 4.78 is 78.9. The summed E-state index contributed by atoms with van der Waals surface area (Å²) in [5.74, 6) is -2.64. The van der Waals surface area contributed by atoms with Gasteiger partial charge in [0.2, 0.25) is 5.91 Å². The molecular weight excluding hydrogens is 509 g/mol. The van der Waals surface area contributed by atoms with Crippen LogP contribution in [0.5, 0.6) is 0 Å². The van der Waals surface area contributed by atoms with Gasteiger partial charge in [0.05, 0.1) is 48.7 Å². The lowest BCUT2D eigenvalue weighted by Crippen LogP contribution is -2.28. The molecule has 12 heteroatoms. The molecule has 1 heterocycles. The first kappa shape index (κ1) is 27.6. The molecule has 0 saturated carbocycles. The molecule has 0 bridgehead atoms. The van der Waals surface area contributed by atoms with Gasteiger partial charge in [-0.3, -0.25) is 4.79 Å². The Morgan fingerprint density at radius 1 is 1.11 bits per heavy atom. The Bertz CT molecular complexity index is 1220. The predicted octanol–water partition coefficient (Wildman–Crippen LogP) is 5.41. The van der Waals surface area contributed by atoms with Gasteiger partial charge in [-0.25, -0.2) is 13.5 Å². The highest BCUT2D eigenvalue weighted by molar-refractivity contribution is 6.30. The maximum absolute atomic E-state index is 14.5. The quantitative estimate of drug-likeness (QED) is 0.281. The molecule has 3 aromatic rings. The number of alkyl halides is 3. The van der Waals surface area contributed by atoms with Crippen molar-refractivity contribution in [2.45, 2.75) is 32.2 Å². The van der Waals surface area contributed by atoms with Crippen LogP contribution in [0, 0.1) is 11.6 Å². The molecule has 2 aromatic carbocycles. The van der Waals surface area contributed by atoms with E-state index in [1.807, 2.05) is 0 Å². The largest absolute Gasteiger partial charge is 0.435 e. The third-order valence-electron chi connectivity index (χ3n) is 5.32. The molecule has 0 aliphatic carbocycles. The predicted molar refractivity (Wildman–Crippen MR) is 122 cm³/mol. The first-order valence-electron chi connectivity index (χ1n) is 10.8. The molecule has 1 aromatic heterocycles. The molecule has 1 unspecified atom stereocenters. The summed E-state index contributed by atoms with van der Waals surface area (Å²) >= 11 is 5.76. The Kier molecular flexibility index (Phi) is 9.04. The number of rotatable bonds is 10. The molecular formula is C24H23ClF5N3O3. The molecule has 1 N–H and O–H groups in total. The summed E-state index contributed by atoms with van der Waals surface area (Å²) in [6, 6.07) is 8.41. The second kappa shape index (κ2) is 11.8. The summed E-state index contributed by atoms with van der Waals surface area (Å²) in [6.07, 6.45) is -4.74. The van der Waals surface area contributed by atoms with Crippen molar-refractivity contribution in [1.82, 2.24) is 15.1 Å². The Labute approximate surface area is 209 Å². The van der Waals surface area contributed by atoms with Crippen LogP contribution < -0.4 is 5.32 Å². The van der Waals surface area contributed by atoms with Crippen molar-refractivity contribution in [2.24, 2.45) is 0 Å². The summed E-state index contributed by atoms with van der Waals surface area (Å²) in [5, 5.41) is 5.80. The van der Waals surface area contributed by atoms with Crippen molar-refractivity contribution in [3.8, 4) is 5.69 Å². The highest BCUT2D eigenvalue weighted by atomic mass is 35.5. The number of aromatic nitrogens is 2. The number of methoxy groups -OCH3 is 1. The fraction of sp³-hybridized carbons (Fsp3) is 0.333. The number of hydrogen-bond acceptors (Lipinski definition) is 4. The van der Waals surface area contributed by atoms with E-state index in [0.29, 0.717) is 24.3 Å². The second-order valence-corrected chi connectivity index (χ2v) is 8.27. The van der Waals surface area contributed by atoms with E-state index in [4.69, 9.17) is 21.1 Å². The molecule has 0 radical (unpaired) electrons. The van der Waals surface area contributed by atoms with Crippen molar-refractivity contribution >= 4 is 17.5 Å². The molecule has 0 fully saturated rings. The standard InChI is InChI=1S/C24H23ClF5N3O3/c1-14(15-3-4-16(21(27)9-15)13-36-8-7-35-2)23(34)31-12-18-11-22(24(28,29)30)32-33(18)17-5-6-20(26)19(25)10-17/h3-6,9-11,14H,7-8,12-13H2,1-2H3,(H,31,34). The average Bonchev–Trinajstić information content (AvgIpc) is 3.27. The first-order chi connectivity index (χ1) is 17.0. The van der Waals surface area contributed by atoms with Gasteiger partial charge in [-0.15, -0.1) is 0 Å². The molecule has 1 amide bonds. The topological polar surface area (TPSA) is 65.4 Å². The molecule has 0 spiro atoms. The third kappa shape index (κ3) is 6.80. The molecule has 6 nitrogen and oxygen atoms in total. The second-order valence-electron chi connectivity index (χ2n) is 7.86. The zero-order chi connectivity index (χ0) is 26.5. The summed E-state index contributed by atoms with van der Waals surface area (Å²) in [7, 11) is 1.52. The number of carbonyl (C=O) groups is 1. The Morgan fingerprint density at radius 2 is 1.86 bits per heavy atom. The lowest BCUT2D eigenvalue weighted by molar-refractivity contribution is -0.141. The number of nitrogens with one attached hydrogen (secondary N) is 1. The number of amides is 1. The maximum Gasteiger partial charge on any atom is 0.435 e. The van der Waals surface area contributed by atoms with Crippen LogP contribution in [0.2, 0.25) is 5.02 Å². The van der Waals surface area contributed by atoms with Crippen LogP contribution >= 0.6 is 11.6 Å². The van der Waals surface area contributed by atoms with E-state index < -0.39 is 35.3 Å². The Morgan fingerprint density at radius 3 is 2.50 bits per heavy atom. The van der Waals surface area contributed by atoms with Gasteiger partial charge in [0.15, 0.2) is 5.69 Å². The molecule has 36 heavy (non-hydrogen) atoms. The van der Waals surface area contributed by atoms with E-state index in [1.165, 1.54) is 32.2 Å².